The second-order valence-electron chi connectivity index (χ2n) is 6.97. The van der Waals surface area contributed by atoms with Crippen LogP contribution in [-0.4, -0.2) is 32.9 Å². The first kappa shape index (κ1) is 15.8. The Balaban J connectivity index is 1.45. The number of aromatic nitrogens is 2. The molecule has 4 rings (SSSR count). The summed E-state index contributed by atoms with van der Waals surface area (Å²) in [5.41, 5.74) is -0.0387. The quantitative estimate of drug-likeness (QED) is 0.859. The van der Waals surface area contributed by atoms with Gasteiger partial charge in [-0.2, -0.15) is 0 Å². The Morgan fingerprint density at radius 1 is 1.25 bits per heavy atom. The van der Waals surface area contributed by atoms with Crippen molar-refractivity contribution in [2.45, 2.75) is 57.5 Å². The zero-order valence-electron chi connectivity index (χ0n) is 13.8. The van der Waals surface area contributed by atoms with Crippen LogP contribution in [0.15, 0.2) is 22.6 Å². The molecule has 5 nitrogen and oxygen atoms in total. The minimum atomic E-state index is -0.0387. The highest BCUT2D eigenvalue weighted by molar-refractivity contribution is 7.16. The molecule has 0 unspecified atom stereocenters. The number of likely N-dealkylation sites (tertiary alicyclic amines) is 1. The molecule has 2 aromatic rings. The van der Waals surface area contributed by atoms with E-state index in [-0.39, 0.29) is 11.5 Å². The summed E-state index contributed by atoms with van der Waals surface area (Å²) in [6.45, 7) is 1.31. The highest BCUT2D eigenvalue weighted by atomic mass is 32.1. The lowest BCUT2D eigenvalue weighted by molar-refractivity contribution is -0.137. The van der Waals surface area contributed by atoms with E-state index >= 15 is 0 Å². The number of carbonyl (C=O) groups excluding carboxylic acids is 1. The van der Waals surface area contributed by atoms with E-state index in [1.54, 1.807) is 10.9 Å². The van der Waals surface area contributed by atoms with Crippen molar-refractivity contribution in [2.75, 3.05) is 6.54 Å². The van der Waals surface area contributed by atoms with Crippen molar-refractivity contribution in [3.63, 3.8) is 0 Å². The third kappa shape index (κ3) is 2.88. The van der Waals surface area contributed by atoms with Crippen molar-refractivity contribution in [3.8, 4) is 0 Å². The molecule has 6 heteroatoms. The van der Waals surface area contributed by atoms with Crippen LogP contribution < -0.4 is 5.56 Å². The molecule has 2 fully saturated rings. The van der Waals surface area contributed by atoms with Gasteiger partial charge in [-0.3, -0.25) is 14.2 Å². The zero-order valence-corrected chi connectivity index (χ0v) is 14.6. The maximum atomic E-state index is 12.7. The molecule has 2 aromatic heterocycles. The lowest BCUT2D eigenvalue weighted by Gasteiger charge is -2.44. The van der Waals surface area contributed by atoms with Crippen LogP contribution in [0.5, 0.6) is 0 Å². The van der Waals surface area contributed by atoms with Gasteiger partial charge >= 0.3 is 0 Å². The molecule has 0 radical (unpaired) electrons. The van der Waals surface area contributed by atoms with Crippen molar-refractivity contribution in [1.82, 2.24) is 14.5 Å². The van der Waals surface area contributed by atoms with Gasteiger partial charge in [0.1, 0.15) is 4.83 Å². The number of hydrogen-bond donors (Lipinski definition) is 0. The van der Waals surface area contributed by atoms with Crippen LogP contribution in [0.4, 0.5) is 0 Å². The summed E-state index contributed by atoms with van der Waals surface area (Å²) in [4.78, 5) is 32.3. The molecule has 1 amide bonds. The summed E-state index contributed by atoms with van der Waals surface area (Å²) in [5.74, 6) is 0.895. The van der Waals surface area contributed by atoms with Crippen molar-refractivity contribution >= 4 is 27.5 Å². The Bertz CT molecular complexity index is 795. The number of fused-ring (bicyclic) bond motifs is 2. The Morgan fingerprint density at radius 2 is 2.08 bits per heavy atom. The van der Waals surface area contributed by atoms with E-state index in [0.717, 1.165) is 24.2 Å². The molecule has 0 N–H and O–H groups in total. The molecule has 128 valence electrons. The Labute approximate surface area is 145 Å². The molecule has 1 saturated carbocycles. The van der Waals surface area contributed by atoms with Gasteiger partial charge < -0.3 is 4.90 Å². The fourth-order valence-electron chi connectivity index (χ4n) is 4.35. The summed E-state index contributed by atoms with van der Waals surface area (Å²) in [6, 6.07) is 2.25. The van der Waals surface area contributed by atoms with Crippen LogP contribution in [0, 0.1) is 5.92 Å². The Kier molecular flexibility index (Phi) is 4.39. The molecular formula is C18H23N3O2S. The summed E-state index contributed by atoms with van der Waals surface area (Å²) >= 11 is 1.47. The lowest BCUT2D eigenvalue weighted by atomic mass is 9.78. The molecular weight excluding hydrogens is 322 g/mol. The average molecular weight is 345 g/mol. The Morgan fingerprint density at radius 3 is 3.00 bits per heavy atom. The SMILES string of the molecule is O=C(CCn1cnc2sccc2c1=O)N1CCC[C@H]2CCCC[C@H]21. The van der Waals surface area contributed by atoms with Gasteiger partial charge in [0, 0.05) is 25.6 Å². The first-order valence-electron chi connectivity index (χ1n) is 8.96. The molecule has 0 aromatic carbocycles. The second-order valence-corrected chi connectivity index (χ2v) is 7.87. The maximum Gasteiger partial charge on any atom is 0.262 e. The molecule has 0 bridgehead atoms. The van der Waals surface area contributed by atoms with E-state index in [1.807, 2.05) is 11.4 Å². The fraction of sp³-hybridized carbons (Fsp3) is 0.611. The molecule has 24 heavy (non-hydrogen) atoms. The largest absolute Gasteiger partial charge is 0.339 e. The van der Waals surface area contributed by atoms with Crippen LogP contribution >= 0.6 is 11.3 Å². The van der Waals surface area contributed by atoms with Crippen molar-refractivity contribution in [1.29, 1.82) is 0 Å². The lowest BCUT2D eigenvalue weighted by Crippen LogP contribution is -2.49. The van der Waals surface area contributed by atoms with Gasteiger partial charge in [0.05, 0.1) is 11.7 Å². The number of piperidine rings is 1. The monoisotopic (exact) mass is 345 g/mol. The highest BCUT2D eigenvalue weighted by Crippen LogP contribution is 2.35. The number of hydrogen-bond acceptors (Lipinski definition) is 4. The van der Waals surface area contributed by atoms with Gasteiger partial charge in [0.25, 0.3) is 5.56 Å². The van der Waals surface area contributed by atoms with E-state index in [9.17, 15) is 9.59 Å². The van der Waals surface area contributed by atoms with Gasteiger partial charge in [-0.25, -0.2) is 4.98 Å². The highest BCUT2D eigenvalue weighted by Gasteiger charge is 2.35. The summed E-state index contributed by atoms with van der Waals surface area (Å²) < 4.78 is 1.58. The van der Waals surface area contributed by atoms with E-state index in [0.29, 0.717) is 30.3 Å². The molecule has 3 heterocycles. The molecule has 1 aliphatic heterocycles. The van der Waals surface area contributed by atoms with E-state index in [4.69, 9.17) is 0 Å². The summed E-state index contributed by atoms with van der Waals surface area (Å²) in [6.07, 6.45) is 9.33. The molecule has 1 saturated heterocycles. The summed E-state index contributed by atoms with van der Waals surface area (Å²) in [5, 5.41) is 2.53. The molecule has 2 aliphatic rings. The third-order valence-corrected chi connectivity index (χ3v) is 6.40. The van der Waals surface area contributed by atoms with Gasteiger partial charge in [-0.05, 0) is 43.0 Å². The van der Waals surface area contributed by atoms with E-state index < -0.39 is 0 Å². The number of nitrogens with zero attached hydrogens (tertiary/aromatic N) is 3. The van der Waals surface area contributed by atoms with Crippen LogP contribution in [0.2, 0.25) is 0 Å². The standard InChI is InChI=1S/C18H23N3O2S/c22-16(21-9-3-5-13-4-1-2-6-15(13)21)7-10-20-12-19-17-14(18(20)23)8-11-24-17/h8,11-13,15H,1-7,9-10H2/t13-,15-/m1/s1. The normalized spacial score (nSPS) is 24.1. The van der Waals surface area contributed by atoms with Crippen molar-refractivity contribution < 1.29 is 4.79 Å². The number of carbonyl (C=O) groups is 1. The topological polar surface area (TPSA) is 55.2 Å². The average Bonchev–Trinajstić information content (AvgIpc) is 3.10. The third-order valence-electron chi connectivity index (χ3n) is 5.58. The van der Waals surface area contributed by atoms with Crippen LogP contribution in [0.1, 0.15) is 44.9 Å². The van der Waals surface area contributed by atoms with Crippen molar-refractivity contribution in [2.24, 2.45) is 5.92 Å². The fourth-order valence-corrected chi connectivity index (χ4v) is 5.07. The molecule has 1 aliphatic carbocycles. The Hall–Kier alpha value is -1.69. The van der Waals surface area contributed by atoms with E-state index in [2.05, 4.69) is 9.88 Å². The first-order chi connectivity index (χ1) is 11.7. The maximum absolute atomic E-state index is 12.7. The zero-order chi connectivity index (χ0) is 16.5. The van der Waals surface area contributed by atoms with E-state index in [1.165, 1.54) is 37.0 Å². The molecule has 0 spiro atoms. The van der Waals surface area contributed by atoms with Gasteiger partial charge in [0.2, 0.25) is 5.91 Å². The van der Waals surface area contributed by atoms with Crippen LogP contribution in [0.25, 0.3) is 10.2 Å². The van der Waals surface area contributed by atoms with Crippen LogP contribution in [-0.2, 0) is 11.3 Å². The van der Waals surface area contributed by atoms with Gasteiger partial charge in [-0.1, -0.05) is 12.8 Å². The van der Waals surface area contributed by atoms with Crippen LogP contribution in [0.3, 0.4) is 0 Å². The smallest absolute Gasteiger partial charge is 0.262 e. The predicted octanol–water partition coefficient (Wildman–Crippen LogP) is 3.03. The van der Waals surface area contributed by atoms with Gasteiger partial charge in [0.15, 0.2) is 0 Å². The summed E-state index contributed by atoms with van der Waals surface area (Å²) in [7, 11) is 0. The second kappa shape index (κ2) is 6.67. The predicted molar refractivity (Wildman–Crippen MR) is 95.2 cm³/mol. The first-order valence-corrected chi connectivity index (χ1v) is 9.84. The number of aryl methyl sites for hydroxylation is 1. The number of thiophene rings is 1. The minimum absolute atomic E-state index is 0.0387. The molecule has 2 atom stereocenters. The number of rotatable bonds is 3. The minimum Gasteiger partial charge on any atom is -0.339 e. The van der Waals surface area contributed by atoms with Gasteiger partial charge in [-0.15, -0.1) is 11.3 Å². The van der Waals surface area contributed by atoms with Crippen molar-refractivity contribution in [3.05, 3.63) is 28.1 Å². The number of amides is 1.